The maximum atomic E-state index is 13.5. The van der Waals surface area contributed by atoms with Crippen LogP contribution < -0.4 is 14.8 Å². The number of methoxy groups -OCH3 is 2. The van der Waals surface area contributed by atoms with Crippen LogP contribution in [0.25, 0.3) is 6.08 Å². The molecule has 2 aliphatic heterocycles. The van der Waals surface area contributed by atoms with Crippen molar-refractivity contribution < 1.29 is 38.0 Å². The van der Waals surface area contributed by atoms with Crippen LogP contribution in [0.4, 0.5) is 0 Å². The number of rotatable bonds is 6. The van der Waals surface area contributed by atoms with E-state index in [1.165, 1.54) is 7.11 Å². The van der Waals surface area contributed by atoms with Gasteiger partial charge in [-0.2, -0.15) is 0 Å². The lowest BCUT2D eigenvalue weighted by molar-refractivity contribution is -0.152. The quantitative estimate of drug-likeness (QED) is 0.307. The summed E-state index contributed by atoms with van der Waals surface area (Å²) in [5.74, 6) is -0.745. The lowest BCUT2D eigenvalue weighted by Gasteiger charge is -2.25. The standard InChI is InChI=1S/C31H37NO8/c1-20-11-9-15-24(38-30(34)21-12-7-6-8-13-21)28-25(39-31(2,3)40-28)16-10-14-22-17-23(36-5)18-26(37-19-35-4)27(22)29(33)32-20/h6-10,12-15,17-18,20,24-25,28H,11,16,19H2,1-5H3,(H,32,33)/b14-10+,15-9-/t20?,24?,25-,28?/m0/s1. The first-order chi connectivity index (χ1) is 19.2. The number of nitrogens with one attached hydrogen (secondary N) is 1. The number of hydrogen-bond acceptors (Lipinski definition) is 8. The van der Waals surface area contributed by atoms with E-state index >= 15 is 0 Å². The van der Waals surface area contributed by atoms with Crippen molar-refractivity contribution in [3.63, 3.8) is 0 Å². The van der Waals surface area contributed by atoms with Gasteiger partial charge in [0.2, 0.25) is 0 Å². The fraction of sp³-hybridized carbons (Fsp3) is 0.419. The Kier molecular flexibility index (Phi) is 9.63. The van der Waals surface area contributed by atoms with E-state index in [4.69, 9.17) is 28.4 Å². The van der Waals surface area contributed by atoms with Gasteiger partial charge in [0.05, 0.1) is 24.3 Å². The van der Waals surface area contributed by atoms with Gasteiger partial charge in [0.1, 0.15) is 23.7 Å². The molecule has 214 valence electrons. The van der Waals surface area contributed by atoms with Crippen molar-refractivity contribution >= 4 is 18.0 Å². The van der Waals surface area contributed by atoms with Crippen LogP contribution >= 0.6 is 0 Å². The van der Waals surface area contributed by atoms with Crippen LogP contribution in [0.2, 0.25) is 0 Å². The Hall–Kier alpha value is -3.66. The Morgan fingerprint density at radius 2 is 1.85 bits per heavy atom. The molecule has 0 aliphatic carbocycles. The number of carbonyl (C=O) groups is 2. The highest BCUT2D eigenvalue weighted by molar-refractivity contribution is 6.01. The topological polar surface area (TPSA) is 102 Å². The van der Waals surface area contributed by atoms with Crippen molar-refractivity contribution in [3.8, 4) is 11.5 Å². The molecule has 2 aliphatic rings. The van der Waals surface area contributed by atoms with Gasteiger partial charge in [-0.15, -0.1) is 0 Å². The van der Waals surface area contributed by atoms with E-state index in [9.17, 15) is 9.59 Å². The Morgan fingerprint density at radius 3 is 2.58 bits per heavy atom. The minimum Gasteiger partial charge on any atom is -0.497 e. The Balaban J connectivity index is 1.70. The van der Waals surface area contributed by atoms with Crippen molar-refractivity contribution in [1.82, 2.24) is 5.32 Å². The molecule has 0 bridgehead atoms. The fourth-order valence-corrected chi connectivity index (χ4v) is 4.75. The molecule has 4 atom stereocenters. The van der Waals surface area contributed by atoms with E-state index in [0.717, 1.165) is 0 Å². The van der Waals surface area contributed by atoms with Gasteiger partial charge in [0.15, 0.2) is 12.6 Å². The highest BCUT2D eigenvalue weighted by atomic mass is 16.8. The molecule has 0 spiro atoms. The zero-order chi connectivity index (χ0) is 28.7. The van der Waals surface area contributed by atoms with Gasteiger partial charge in [0.25, 0.3) is 5.91 Å². The van der Waals surface area contributed by atoms with Crippen molar-refractivity contribution in [2.45, 2.75) is 63.8 Å². The molecule has 1 saturated heterocycles. The second-order valence-corrected chi connectivity index (χ2v) is 10.2. The summed E-state index contributed by atoms with van der Waals surface area (Å²) in [6.45, 7) is 5.54. The third-order valence-electron chi connectivity index (χ3n) is 6.56. The predicted octanol–water partition coefficient (Wildman–Crippen LogP) is 4.91. The van der Waals surface area contributed by atoms with Gasteiger partial charge in [-0.05, 0) is 63.5 Å². The number of fused-ring (bicyclic) bond motifs is 2. The zero-order valence-electron chi connectivity index (χ0n) is 23.5. The largest absolute Gasteiger partial charge is 0.497 e. The predicted molar refractivity (Wildman–Crippen MR) is 149 cm³/mol. The van der Waals surface area contributed by atoms with Crippen molar-refractivity contribution in [2.75, 3.05) is 21.0 Å². The molecular formula is C31H37NO8. The maximum absolute atomic E-state index is 13.5. The van der Waals surface area contributed by atoms with Crippen LogP contribution in [0.5, 0.6) is 11.5 Å². The molecule has 4 rings (SSSR count). The number of esters is 1. The molecule has 2 heterocycles. The summed E-state index contributed by atoms with van der Waals surface area (Å²) in [4.78, 5) is 26.5. The molecule has 0 radical (unpaired) electrons. The molecule has 1 fully saturated rings. The first kappa shape index (κ1) is 29.3. The summed E-state index contributed by atoms with van der Waals surface area (Å²) in [7, 11) is 3.07. The summed E-state index contributed by atoms with van der Waals surface area (Å²) in [6, 6.07) is 12.0. The Labute approximate surface area is 235 Å². The first-order valence-corrected chi connectivity index (χ1v) is 13.3. The summed E-state index contributed by atoms with van der Waals surface area (Å²) in [5.41, 5.74) is 1.43. The highest BCUT2D eigenvalue weighted by Gasteiger charge is 2.45. The third kappa shape index (κ3) is 7.29. The lowest BCUT2D eigenvalue weighted by atomic mass is 10.00. The van der Waals surface area contributed by atoms with Crippen LogP contribution in [-0.2, 0) is 18.9 Å². The summed E-state index contributed by atoms with van der Waals surface area (Å²) in [6.07, 6.45) is 6.68. The molecule has 1 amide bonds. The van der Waals surface area contributed by atoms with Gasteiger partial charge in [-0.1, -0.05) is 36.4 Å². The van der Waals surface area contributed by atoms with Crippen molar-refractivity contribution in [3.05, 3.63) is 77.4 Å². The molecule has 0 saturated carbocycles. The highest BCUT2D eigenvalue weighted by Crippen LogP contribution is 2.35. The Bertz CT molecular complexity index is 1240. The number of amides is 1. The number of ether oxygens (including phenoxy) is 6. The second kappa shape index (κ2) is 13.1. The van der Waals surface area contributed by atoms with Gasteiger partial charge >= 0.3 is 5.97 Å². The molecule has 3 unspecified atom stereocenters. The van der Waals surface area contributed by atoms with Crippen LogP contribution in [0.15, 0.2) is 60.7 Å². The summed E-state index contributed by atoms with van der Waals surface area (Å²) >= 11 is 0. The van der Waals surface area contributed by atoms with E-state index in [1.54, 1.807) is 43.5 Å². The Morgan fingerprint density at radius 1 is 1.07 bits per heavy atom. The SMILES string of the molecule is COCOc1cc(OC)cc2c1C(=O)NC(C)C/C=C\C(OC(=O)c1ccccc1)C1OC(C)(C)O[C@H]1C/C=C/2. The smallest absolute Gasteiger partial charge is 0.338 e. The first-order valence-electron chi connectivity index (χ1n) is 13.3. The van der Waals surface area contributed by atoms with E-state index < -0.39 is 30.1 Å². The monoisotopic (exact) mass is 551 g/mol. The second-order valence-electron chi connectivity index (χ2n) is 10.2. The molecule has 9 heteroatoms. The number of benzene rings is 2. The third-order valence-corrected chi connectivity index (χ3v) is 6.56. The molecule has 2 aromatic rings. The molecule has 2 aromatic carbocycles. The molecule has 40 heavy (non-hydrogen) atoms. The summed E-state index contributed by atoms with van der Waals surface area (Å²) in [5, 5.41) is 3.04. The van der Waals surface area contributed by atoms with Gasteiger partial charge in [-0.25, -0.2) is 4.79 Å². The van der Waals surface area contributed by atoms with Gasteiger partial charge in [-0.3, -0.25) is 4.79 Å². The van der Waals surface area contributed by atoms with Gasteiger partial charge < -0.3 is 33.7 Å². The minimum atomic E-state index is -0.879. The van der Waals surface area contributed by atoms with Crippen LogP contribution in [0, 0.1) is 0 Å². The molecule has 0 aromatic heterocycles. The van der Waals surface area contributed by atoms with Crippen LogP contribution in [-0.4, -0.2) is 63.0 Å². The molecular weight excluding hydrogens is 514 g/mol. The zero-order valence-corrected chi connectivity index (χ0v) is 23.5. The number of hydrogen-bond donors (Lipinski definition) is 1. The van der Waals surface area contributed by atoms with Crippen molar-refractivity contribution in [2.24, 2.45) is 0 Å². The van der Waals surface area contributed by atoms with E-state index in [0.29, 0.717) is 41.0 Å². The lowest BCUT2D eigenvalue weighted by Crippen LogP contribution is -2.38. The van der Waals surface area contributed by atoms with Gasteiger partial charge in [0, 0.05) is 19.2 Å². The average Bonchev–Trinajstić information content (AvgIpc) is 3.24. The maximum Gasteiger partial charge on any atom is 0.338 e. The molecule has 1 N–H and O–H groups in total. The van der Waals surface area contributed by atoms with Crippen LogP contribution in [0.1, 0.15) is 59.9 Å². The normalized spacial score (nSPS) is 25.9. The minimum absolute atomic E-state index is 0.0258. The van der Waals surface area contributed by atoms with Crippen molar-refractivity contribution in [1.29, 1.82) is 0 Å². The molecule has 9 nitrogen and oxygen atoms in total. The van der Waals surface area contributed by atoms with E-state index in [-0.39, 0.29) is 18.7 Å². The summed E-state index contributed by atoms with van der Waals surface area (Å²) < 4.78 is 34.8. The fourth-order valence-electron chi connectivity index (χ4n) is 4.75. The number of carbonyl (C=O) groups excluding carboxylic acids is 2. The average molecular weight is 552 g/mol. The van der Waals surface area contributed by atoms with E-state index in [2.05, 4.69) is 5.32 Å². The van der Waals surface area contributed by atoms with E-state index in [1.807, 2.05) is 51.1 Å². The van der Waals surface area contributed by atoms with Crippen LogP contribution in [0.3, 0.4) is 0 Å².